The lowest BCUT2D eigenvalue weighted by Crippen LogP contribution is -2.16. The Labute approximate surface area is 306 Å². The molecule has 3 aromatic heterocycles. The molecular weight excluding hydrogens is 647 g/mol. The van der Waals surface area contributed by atoms with Gasteiger partial charge in [0.25, 0.3) is 0 Å². The lowest BCUT2D eigenvalue weighted by Gasteiger charge is -2.25. The van der Waals surface area contributed by atoms with E-state index in [4.69, 9.17) is 14.4 Å². The van der Waals surface area contributed by atoms with Crippen LogP contribution < -0.4 is 0 Å². The molecule has 11 rings (SSSR count). The first kappa shape index (κ1) is 29.9. The van der Waals surface area contributed by atoms with E-state index >= 15 is 0 Å². The summed E-state index contributed by atoms with van der Waals surface area (Å²) >= 11 is 0. The van der Waals surface area contributed by atoms with Crippen LogP contribution in [-0.4, -0.2) is 14.5 Å². The second-order valence-corrected chi connectivity index (χ2v) is 14.5. The third-order valence-electron chi connectivity index (χ3n) is 11.2. The maximum Gasteiger partial charge on any atom is 0.235 e. The minimum Gasteiger partial charge on any atom is -0.456 e. The Bertz CT molecular complexity index is 3010. The van der Waals surface area contributed by atoms with Crippen LogP contribution in [0.5, 0.6) is 0 Å². The smallest absolute Gasteiger partial charge is 0.235 e. The summed E-state index contributed by atoms with van der Waals surface area (Å²) in [6.07, 6.45) is 0. The number of benzene rings is 7. The summed E-state index contributed by atoms with van der Waals surface area (Å²) in [5.41, 5.74) is 15.0. The van der Waals surface area contributed by atoms with Gasteiger partial charge in [0.15, 0.2) is 0 Å². The predicted molar refractivity (Wildman–Crippen MR) is 218 cm³/mol. The molecule has 0 atom stereocenters. The second kappa shape index (κ2) is 11.1. The lowest BCUT2D eigenvalue weighted by molar-refractivity contribution is 0.662. The molecule has 0 unspecified atom stereocenters. The molecule has 0 saturated carbocycles. The average Bonchev–Trinajstić information content (AvgIpc) is 3.84. The van der Waals surface area contributed by atoms with E-state index in [-0.39, 0.29) is 5.41 Å². The monoisotopic (exact) mass is 679 g/mol. The van der Waals surface area contributed by atoms with E-state index in [1.165, 1.54) is 38.8 Å². The normalized spacial score (nSPS) is 13.2. The van der Waals surface area contributed by atoms with Gasteiger partial charge in [0, 0.05) is 32.7 Å². The van der Waals surface area contributed by atoms with Crippen molar-refractivity contribution in [1.82, 2.24) is 14.5 Å². The van der Waals surface area contributed by atoms with Crippen LogP contribution in [0.15, 0.2) is 168 Å². The van der Waals surface area contributed by atoms with Gasteiger partial charge in [-0.2, -0.15) is 0 Å². The first-order valence-electron chi connectivity index (χ1n) is 18.2. The van der Waals surface area contributed by atoms with Gasteiger partial charge in [-0.15, -0.1) is 0 Å². The topological polar surface area (TPSA) is 43.9 Å². The van der Waals surface area contributed by atoms with Gasteiger partial charge < -0.3 is 4.42 Å². The first-order chi connectivity index (χ1) is 26.1. The molecule has 0 N–H and O–H groups in total. The number of hydrogen-bond donors (Lipinski definition) is 0. The molecule has 250 valence electrons. The Morgan fingerprint density at radius 2 is 1.11 bits per heavy atom. The van der Waals surface area contributed by atoms with E-state index in [2.05, 4.69) is 164 Å². The third kappa shape index (κ3) is 4.30. The van der Waals surface area contributed by atoms with Crippen molar-refractivity contribution >= 4 is 43.7 Å². The lowest BCUT2D eigenvalue weighted by atomic mass is 9.78. The molecule has 0 spiro atoms. The molecular formula is C49H33N3O. The highest BCUT2D eigenvalue weighted by molar-refractivity contribution is 6.28. The number of nitrogens with zero attached hydrogens (tertiary/aromatic N) is 3. The second-order valence-electron chi connectivity index (χ2n) is 14.5. The Balaban J connectivity index is 1.38. The van der Waals surface area contributed by atoms with Crippen LogP contribution in [0.3, 0.4) is 0 Å². The maximum atomic E-state index is 6.55. The molecule has 0 radical (unpaired) electrons. The van der Waals surface area contributed by atoms with Crippen molar-refractivity contribution in [1.29, 1.82) is 0 Å². The van der Waals surface area contributed by atoms with Gasteiger partial charge in [-0.1, -0.05) is 147 Å². The zero-order chi connectivity index (χ0) is 35.3. The predicted octanol–water partition coefficient (Wildman–Crippen LogP) is 12.8. The zero-order valence-electron chi connectivity index (χ0n) is 29.3. The fourth-order valence-electron chi connectivity index (χ4n) is 8.87. The molecule has 0 saturated heterocycles. The van der Waals surface area contributed by atoms with Gasteiger partial charge in [0.05, 0.1) is 27.8 Å². The number of fused-ring (bicyclic) bond motifs is 11. The first-order valence-corrected chi connectivity index (χ1v) is 18.2. The molecule has 0 amide bonds. The van der Waals surface area contributed by atoms with Crippen LogP contribution in [0.25, 0.3) is 94.5 Å². The van der Waals surface area contributed by atoms with Gasteiger partial charge in [-0.05, 0) is 63.7 Å². The van der Waals surface area contributed by atoms with Gasteiger partial charge in [-0.3, -0.25) is 4.57 Å². The summed E-state index contributed by atoms with van der Waals surface area (Å²) in [5, 5.41) is 4.48. The van der Waals surface area contributed by atoms with Crippen LogP contribution in [0.4, 0.5) is 0 Å². The molecule has 0 bridgehead atoms. The van der Waals surface area contributed by atoms with Crippen LogP contribution in [0.2, 0.25) is 0 Å². The highest BCUT2D eigenvalue weighted by Gasteiger charge is 2.40. The minimum atomic E-state index is -0.226. The van der Waals surface area contributed by atoms with Gasteiger partial charge >= 0.3 is 0 Å². The molecule has 1 aliphatic rings. The minimum absolute atomic E-state index is 0.226. The molecule has 7 aromatic carbocycles. The van der Waals surface area contributed by atoms with Crippen molar-refractivity contribution in [2.45, 2.75) is 19.3 Å². The molecule has 3 heterocycles. The largest absolute Gasteiger partial charge is 0.456 e. The Hall–Kier alpha value is -6.78. The summed E-state index contributed by atoms with van der Waals surface area (Å²) < 4.78 is 8.87. The van der Waals surface area contributed by atoms with E-state index in [9.17, 15) is 0 Å². The molecule has 0 fully saturated rings. The van der Waals surface area contributed by atoms with E-state index in [0.29, 0.717) is 5.95 Å². The summed E-state index contributed by atoms with van der Waals surface area (Å²) in [5.74, 6) is 0.618. The number of hydrogen-bond acceptors (Lipinski definition) is 3. The van der Waals surface area contributed by atoms with E-state index in [1.54, 1.807) is 0 Å². The van der Waals surface area contributed by atoms with Gasteiger partial charge in [-0.25, -0.2) is 9.97 Å². The van der Waals surface area contributed by atoms with E-state index in [0.717, 1.165) is 60.9 Å². The standard InChI is InChI=1S/C49H33N3O/c1-49(2)37-24-14-12-22-33(37)45-43-35-26-27-42-44(34-23-13-15-25-41(34)53-42)47(35)52(40(43)28-36(46(45)49)30-16-6-3-7-17-30)48-50-38(31-18-8-4-9-19-31)29-39(51-48)32-20-10-5-11-21-32/h3-29H,1-2H3. The maximum absolute atomic E-state index is 6.55. The van der Waals surface area contributed by atoms with Crippen molar-refractivity contribution < 1.29 is 4.42 Å². The summed E-state index contributed by atoms with van der Waals surface area (Å²) in [4.78, 5) is 10.9. The van der Waals surface area contributed by atoms with E-state index in [1.807, 2.05) is 18.2 Å². The number of para-hydroxylation sites is 1. The van der Waals surface area contributed by atoms with Crippen LogP contribution in [-0.2, 0) is 5.41 Å². The highest BCUT2D eigenvalue weighted by Crippen LogP contribution is 2.57. The van der Waals surface area contributed by atoms with Crippen molar-refractivity contribution in [3.8, 4) is 50.7 Å². The molecule has 1 aliphatic carbocycles. The van der Waals surface area contributed by atoms with Crippen molar-refractivity contribution in [2.24, 2.45) is 0 Å². The molecule has 53 heavy (non-hydrogen) atoms. The summed E-state index contributed by atoms with van der Waals surface area (Å²) in [7, 11) is 0. The zero-order valence-corrected chi connectivity index (χ0v) is 29.3. The fourth-order valence-corrected chi connectivity index (χ4v) is 8.87. The van der Waals surface area contributed by atoms with Gasteiger partial charge in [0.1, 0.15) is 11.2 Å². The number of furan rings is 1. The highest BCUT2D eigenvalue weighted by atomic mass is 16.3. The third-order valence-corrected chi connectivity index (χ3v) is 11.2. The Kier molecular flexibility index (Phi) is 6.27. The fraction of sp³-hybridized carbons (Fsp3) is 0.0612. The summed E-state index contributed by atoms with van der Waals surface area (Å²) in [6, 6.07) is 57.8. The number of aromatic nitrogens is 3. The van der Waals surface area contributed by atoms with Crippen molar-refractivity contribution in [2.75, 3.05) is 0 Å². The Morgan fingerprint density at radius 3 is 1.81 bits per heavy atom. The molecule has 0 aliphatic heterocycles. The van der Waals surface area contributed by atoms with Crippen LogP contribution >= 0.6 is 0 Å². The van der Waals surface area contributed by atoms with Crippen LogP contribution in [0, 0.1) is 0 Å². The molecule has 4 heteroatoms. The molecule has 10 aromatic rings. The van der Waals surface area contributed by atoms with Crippen LogP contribution in [0.1, 0.15) is 25.0 Å². The summed E-state index contributed by atoms with van der Waals surface area (Å²) in [6.45, 7) is 4.74. The SMILES string of the molecule is CC1(C)c2ccccc2-c2c1c(-c1ccccc1)cc1c2c2ccc3oc4ccccc4c3c2n1-c1nc(-c2ccccc2)cc(-c2ccccc2)n1. The average molecular weight is 680 g/mol. The van der Waals surface area contributed by atoms with Crippen molar-refractivity contribution in [3.05, 3.63) is 175 Å². The van der Waals surface area contributed by atoms with Crippen molar-refractivity contribution in [3.63, 3.8) is 0 Å². The van der Waals surface area contributed by atoms with E-state index < -0.39 is 0 Å². The molecule has 4 nitrogen and oxygen atoms in total. The Morgan fingerprint density at radius 1 is 0.509 bits per heavy atom. The quantitative estimate of drug-likeness (QED) is 0.186. The number of rotatable bonds is 4. The van der Waals surface area contributed by atoms with Gasteiger partial charge in [0.2, 0.25) is 5.95 Å².